The lowest BCUT2D eigenvalue weighted by Gasteiger charge is -2.25. The molecule has 0 atom stereocenters. The molecule has 4 rings (SSSR count). The van der Waals surface area contributed by atoms with Crippen LogP contribution in [0.5, 0.6) is 0 Å². The molecule has 1 aliphatic rings. The SMILES string of the molecule is Cc1ccccc1C(=O)Nc1ccc(C(=O)N2CCCN(CC(=O)O)c3ccccc32)cc1. The van der Waals surface area contributed by atoms with E-state index in [1.165, 1.54) is 0 Å². The van der Waals surface area contributed by atoms with Crippen LogP contribution in [0.1, 0.15) is 32.7 Å². The highest BCUT2D eigenvalue weighted by atomic mass is 16.4. The lowest BCUT2D eigenvalue weighted by Crippen LogP contribution is -2.31. The van der Waals surface area contributed by atoms with Crippen molar-refractivity contribution in [1.29, 1.82) is 0 Å². The van der Waals surface area contributed by atoms with Crippen molar-refractivity contribution in [1.82, 2.24) is 0 Å². The van der Waals surface area contributed by atoms with Crippen molar-refractivity contribution < 1.29 is 19.5 Å². The fourth-order valence-corrected chi connectivity index (χ4v) is 4.04. The van der Waals surface area contributed by atoms with Crippen molar-refractivity contribution >= 4 is 34.8 Å². The molecule has 7 nitrogen and oxygen atoms in total. The molecule has 2 amide bonds. The second-order valence-electron chi connectivity index (χ2n) is 7.96. The Morgan fingerprint density at radius 2 is 1.55 bits per heavy atom. The molecule has 0 unspecified atom stereocenters. The predicted molar refractivity (Wildman–Crippen MR) is 128 cm³/mol. The molecule has 0 fully saturated rings. The molecule has 0 aromatic heterocycles. The van der Waals surface area contributed by atoms with E-state index in [-0.39, 0.29) is 18.4 Å². The van der Waals surface area contributed by atoms with Gasteiger partial charge in [-0.3, -0.25) is 14.4 Å². The maximum atomic E-state index is 13.3. The summed E-state index contributed by atoms with van der Waals surface area (Å²) in [5.41, 5.74) is 4.00. The van der Waals surface area contributed by atoms with Gasteiger partial charge in [-0.1, -0.05) is 30.3 Å². The number of hydrogen-bond acceptors (Lipinski definition) is 4. The van der Waals surface area contributed by atoms with E-state index in [0.717, 1.165) is 11.3 Å². The first kappa shape index (κ1) is 22.1. The number of benzene rings is 3. The van der Waals surface area contributed by atoms with Gasteiger partial charge in [-0.25, -0.2) is 0 Å². The normalized spacial score (nSPS) is 13.1. The minimum atomic E-state index is -0.909. The number of fused-ring (bicyclic) bond motifs is 1. The smallest absolute Gasteiger partial charge is 0.323 e. The van der Waals surface area contributed by atoms with Crippen molar-refractivity contribution in [2.24, 2.45) is 0 Å². The van der Waals surface area contributed by atoms with Crippen LogP contribution in [0, 0.1) is 6.92 Å². The second kappa shape index (κ2) is 9.56. The van der Waals surface area contributed by atoms with E-state index in [0.29, 0.717) is 42.0 Å². The third kappa shape index (κ3) is 4.87. The van der Waals surface area contributed by atoms with Crippen LogP contribution in [-0.4, -0.2) is 42.5 Å². The van der Waals surface area contributed by atoms with E-state index in [4.69, 9.17) is 0 Å². The molecular formula is C26H25N3O4. The zero-order valence-corrected chi connectivity index (χ0v) is 18.3. The van der Waals surface area contributed by atoms with E-state index in [9.17, 15) is 19.5 Å². The second-order valence-corrected chi connectivity index (χ2v) is 7.96. The number of para-hydroxylation sites is 2. The Kier molecular flexibility index (Phi) is 6.40. The zero-order valence-electron chi connectivity index (χ0n) is 18.3. The summed E-state index contributed by atoms with van der Waals surface area (Å²) in [6, 6.07) is 21.5. The average molecular weight is 444 g/mol. The van der Waals surface area contributed by atoms with Crippen LogP contribution in [0.3, 0.4) is 0 Å². The van der Waals surface area contributed by atoms with Crippen LogP contribution < -0.4 is 15.1 Å². The fourth-order valence-electron chi connectivity index (χ4n) is 4.04. The number of carboxylic acids is 1. The van der Waals surface area contributed by atoms with Crippen molar-refractivity contribution in [2.45, 2.75) is 13.3 Å². The van der Waals surface area contributed by atoms with Crippen molar-refractivity contribution in [3.8, 4) is 0 Å². The summed E-state index contributed by atoms with van der Waals surface area (Å²) >= 11 is 0. The van der Waals surface area contributed by atoms with Gasteiger partial charge in [0.15, 0.2) is 0 Å². The van der Waals surface area contributed by atoms with Gasteiger partial charge in [-0.2, -0.15) is 0 Å². The zero-order chi connectivity index (χ0) is 23.4. The minimum Gasteiger partial charge on any atom is -0.480 e. The van der Waals surface area contributed by atoms with Crippen LogP contribution >= 0.6 is 0 Å². The molecule has 0 saturated carbocycles. The highest BCUT2D eigenvalue weighted by Crippen LogP contribution is 2.33. The maximum absolute atomic E-state index is 13.3. The molecule has 3 aromatic rings. The molecule has 0 aliphatic carbocycles. The van der Waals surface area contributed by atoms with E-state index >= 15 is 0 Å². The molecule has 0 radical (unpaired) electrons. The van der Waals surface area contributed by atoms with E-state index < -0.39 is 5.97 Å². The monoisotopic (exact) mass is 443 g/mol. The highest BCUT2D eigenvalue weighted by molar-refractivity contribution is 6.09. The van der Waals surface area contributed by atoms with Gasteiger partial charge in [-0.15, -0.1) is 0 Å². The van der Waals surface area contributed by atoms with Crippen LogP contribution in [0.15, 0.2) is 72.8 Å². The van der Waals surface area contributed by atoms with Gasteiger partial charge in [0.2, 0.25) is 0 Å². The number of carboxylic acid groups (broad SMARTS) is 1. The quantitative estimate of drug-likeness (QED) is 0.617. The van der Waals surface area contributed by atoms with Crippen molar-refractivity contribution in [2.75, 3.05) is 34.8 Å². The van der Waals surface area contributed by atoms with E-state index in [1.54, 1.807) is 40.1 Å². The van der Waals surface area contributed by atoms with Gasteiger partial charge < -0.3 is 20.2 Å². The Hall–Kier alpha value is -4.13. The van der Waals surface area contributed by atoms with Crippen LogP contribution in [0.2, 0.25) is 0 Å². The van der Waals surface area contributed by atoms with Crippen LogP contribution in [-0.2, 0) is 4.79 Å². The summed E-state index contributed by atoms with van der Waals surface area (Å²) in [7, 11) is 0. The van der Waals surface area contributed by atoms with Gasteiger partial charge in [0.25, 0.3) is 11.8 Å². The first-order chi connectivity index (χ1) is 15.9. The first-order valence-electron chi connectivity index (χ1n) is 10.8. The molecule has 0 saturated heterocycles. The Morgan fingerprint density at radius 1 is 0.879 bits per heavy atom. The van der Waals surface area contributed by atoms with Gasteiger partial charge in [-0.05, 0) is 61.4 Å². The molecule has 0 bridgehead atoms. The molecule has 33 heavy (non-hydrogen) atoms. The van der Waals surface area contributed by atoms with Gasteiger partial charge in [0.05, 0.1) is 11.4 Å². The molecule has 7 heteroatoms. The van der Waals surface area contributed by atoms with E-state index in [1.807, 2.05) is 49.4 Å². The number of carbonyl (C=O) groups excluding carboxylic acids is 2. The summed E-state index contributed by atoms with van der Waals surface area (Å²) in [6.07, 6.45) is 0.651. The Bertz CT molecular complexity index is 1190. The summed E-state index contributed by atoms with van der Waals surface area (Å²) in [5.74, 6) is -1.28. The molecule has 1 heterocycles. The Balaban J connectivity index is 1.53. The van der Waals surface area contributed by atoms with Crippen molar-refractivity contribution in [3.63, 3.8) is 0 Å². The number of nitrogens with one attached hydrogen (secondary N) is 1. The lowest BCUT2D eigenvalue weighted by molar-refractivity contribution is -0.135. The number of aryl methyl sites for hydroxylation is 1. The van der Waals surface area contributed by atoms with Gasteiger partial charge in [0.1, 0.15) is 6.54 Å². The average Bonchev–Trinajstić information content (AvgIpc) is 2.99. The molecule has 3 aromatic carbocycles. The van der Waals surface area contributed by atoms with Gasteiger partial charge in [0, 0.05) is 29.9 Å². The fraction of sp³-hybridized carbons (Fsp3) is 0.192. The topological polar surface area (TPSA) is 90.0 Å². The largest absolute Gasteiger partial charge is 0.480 e. The van der Waals surface area contributed by atoms with Crippen LogP contribution in [0.25, 0.3) is 0 Å². The molecule has 168 valence electrons. The number of aliphatic carboxylic acids is 1. The Morgan fingerprint density at radius 3 is 2.24 bits per heavy atom. The summed E-state index contributed by atoms with van der Waals surface area (Å²) < 4.78 is 0. The number of rotatable bonds is 5. The molecule has 1 aliphatic heterocycles. The minimum absolute atomic E-state index is 0.117. The maximum Gasteiger partial charge on any atom is 0.323 e. The number of hydrogen-bond donors (Lipinski definition) is 2. The number of nitrogens with zero attached hydrogens (tertiary/aromatic N) is 2. The highest BCUT2D eigenvalue weighted by Gasteiger charge is 2.26. The van der Waals surface area contributed by atoms with Crippen LogP contribution in [0.4, 0.5) is 17.1 Å². The summed E-state index contributed by atoms with van der Waals surface area (Å²) in [5, 5.41) is 12.1. The van der Waals surface area contributed by atoms with E-state index in [2.05, 4.69) is 5.32 Å². The first-order valence-corrected chi connectivity index (χ1v) is 10.8. The third-order valence-electron chi connectivity index (χ3n) is 5.67. The Labute approximate surface area is 192 Å². The lowest BCUT2D eigenvalue weighted by atomic mass is 10.1. The predicted octanol–water partition coefficient (Wildman–Crippen LogP) is 4.19. The van der Waals surface area contributed by atoms with Gasteiger partial charge >= 0.3 is 5.97 Å². The summed E-state index contributed by atoms with van der Waals surface area (Å²) in [6.45, 7) is 2.80. The number of anilines is 3. The molecule has 2 N–H and O–H groups in total. The van der Waals surface area contributed by atoms with Crippen molar-refractivity contribution in [3.05, 3.63) is 89.5 Å². The molecule has 0 spiro atoms. The third-order valence-corrected chi connectivity index (χ3v) is 5.67. The number of amides is 2. The number of carbonyl (C=O) groups is 3. The molecular weight excluding hydrogens is 418 g/mol. The standard InChI is InChI=1S/C26H25N3O4/c1-18-7-2-3-8-21(18)25(32)27-20-13-11-19(12-14-20)26(33)29-16-6-15-28(17-24(30)31)22-9-4-5-10-23(22)29/h2-5,7-14H,6,15-17H2,1H3,(H,27,32)(H,30,31). The summed E-state index contributed by atoms with van der Waals surface area (Å²) in [4.78, 5) is 40.7.